The molecular weight excluding hydrogens is 374 g/mol. The third-order valence-corrected chi connectivity index (χ3v) is 7.33. The second-order valence-corrected chi connectivity index (χ2v) is 9.29. The van der Waals surface area contributed by atoms with E-state index in [0.717, 1.165) is 6.54 Å². The molecule has 0 aliphatic carbocycles. The lowest BCUT2D eigenvalue weighted by Crippen LogP contribution is -2.44. The van der Waals surface area contributed by atoms with Crippen LogP contribution in [0.25, 0.3) is 10.8 Å². The van der Waals surface area contributed by atoms with Crippen LogP contribution in [0.2, 0.25) is 0 Å². The number of unbranched alkanes of at least 4 members (excludes halogenated alkanes) is 1. The predicted molar refractivity (Wildman–Crippen MR) is 125 cm³/mol. The number of fused-ring (bicyclic) bond motifs is 4. The number of benzene rings is 3. The predicted octanol–water partition coefficient (Wildman–Crippen LogP) is 5.47. The topological polar surface area (TPSA) is 9.72 Å². The fourth-order valence-electron chi connectivity index (χ4n) is 4.51. The van der Waals surface area contributed by atoms with Gasteiger partial charge >= 0.3 is 0 Å². The molecule has 0 radical (unpaired) electrons. The van der Waals surface area contributed by atoms with Crippen molar-refractivity contribution >= 4 is 33.9 Å². The molecule has 0 atom stereocenters. The molecule has 0 amide bonds. The van der Waals surface area contributed by atoms with E-state index >= 15 is 0 Å². The van der Waals surface area contributed by atoms with Crippen LogP contribution in [0.1, 0.15) is 12.8 Å². The molecule has 0 aromatic heterocycles. The average molecular weight is 404 g/mol. The van der Waals surface area contributed by atoms with E-state index in [9.17, 15) is 0 Å². The lowest BCUT2D eigenvalue weighted by molar-refractivity contribution is 0.152. The molecule has 3 aromatic carbocycles. The monoisotopic (exact) mass is 403 g/mol. The number of hydrogen-bond donors (Lipinski definition) is 0. The highest BCUT2D eigenvalue weighted by Crippen LogP contribution is 2.50. The zero-order chi connectivity index (χ0) is 19.6. The summed E-state index contributed by atoms with van der Waals surface area (Å²) in [5.41, 5.74) is 2.76. The molecule has 2 aliphatic heterocycles. The molecule has 0 spiro atoms. The minimum atomic E-state index is 1.08. The molecule has 2 heterocycles. The Bertz CT molecular complexity index is 994. The minimum Gasteiger partial charge on any atom is -0.339 e. The molecule has 0 N–H and O–H groups in total. The first-order valence-electron chi connectivity index (χ1n) is 10.8. The first-order chi connectivity index (χ1) is 14.3. The van der Waals surface area contributed by atoms with Crippen molar-refractivity contribution in [2.75, 3.05) is 51.2 Å². The van der Waals surface area contributed by atoms with E-state index in [1.54, 1.807) is 0 Å². The number of anilines is 2. The zero-order valence-corrected chi connectivity index (χ0v) is 18.0. The van der Waals surface area contributed by atoms with Gasteiger partial charge in [0.2, 0.25) is 0 Å². The largest absolute Gasteiger partial charge is 0.339 e. The maximum atomic E-state index is 2.63. The Balaban J connectivity index is 1.37. The summed E-state index contributed by atoms with van der Waals surface area (Å²) in [6.07, 6.45) is 2.48. The van der Waals surface area contributed by atoms with E-state index in [1.165, 1.54) is 77.5 Å². The summed E-state index contributed by atoms with van der Waals surface area (Å²) >= 11 is 1.91. The summed E-state index contributed by atoms with van der Waals surface area (Å²) in [5.74, 6) is 0. The summed E-state index contributed by atoms with van der Waals surface area (Å²) < 4.78 is 0. The molecule has 3 nitrogen and oxygen atoms in total. The summed E-state index contributed by atoms with van der Waals surface area (Å²) in [4.78, 5) is 10.4. The van der Waals surface area contributed by atoms with Crippen molar-refractivity contribution in [2.45, 2.75) is 22.6 Å². The quantitative estimate of drug-likeness (QED) is 0.522. The van der Waals surface area contributed by atoms with Crippen molar-refractivity contribution in [3.8, 4) is 0 Å². The van der Waals surface area contributed by atoms with Gasteiger partial charge in [0.1, 0.15) is 0 Å². The number of para-hydroxylation sites is 1. The highest BCUT2D eigenvalue weighted by atomic mass is 32.2. The fourth-order valence-corrected chi connectivity index (χ4v) is 5.63. The SMILES string of the molecule is CN1CCN(CCCCN2c3ccccc3Sc3ccc4ccccc4c32)CC1. The molecule has 4 heteroatoms. The molecule has 5 rings (SSSR count). The van der Waals surface area contributed by atoms with Crippen molar-refractivity contribution in [3.63, 3.8) is 0 Å². The summed E-state index contributed by atoms with van der Waals surface area (Å²) in [6, 6.07) is 22.2. The highest BCUT2D eigenvalue weighted by molar-refractivity contribution is 7.99. The molecule has 1 saturated heterocycles. The lowest BCUT2D eigenvalue weighted by Gasteiger charge is -2.35. The summed E-state index contributed by atoms with van der Waals surface area (Å²) in [5, 5.41) is 2.69. The second kappa shape index (κ2) is 8.39. The molecule has 29 heavy (non-hydrogen) atoms. The van der Waals surface area contributed by atoms with Gasteiger partial charge in [-0.3, -0.25) is 0 Å². The van der Waals surface area contributed by atoms with Crippen LogP contribution in [-0.4, -0.2) is 56.1 Å². The zero-order valence-electron chi connectivity index (χ0n) is 17.2. The Hall–Kier alpha value is -2.01. The van der Waals surface area contributed by atoms with Crippen molar-refractivity contribution in [1.29, 1.82) is 0 Å². The van der Waals surface area contributed by atoms with Gasteiger partial charge in [0, 0.05) is 47.9 Å². The summed E-state index contributed by atoms with van der Waals surface area (Å²) in [7, 11) is 2.23. The molecule has 3 aromatic rings. The van der Waals surface area contributed by atoms with Crippen LogP contribution in [-0.2, 0) is 0 Å². The normalized spacial score (nSPS) is 17.3. The third-order valence-electron chi connectivity index (χ3n) is 6.21. The summed E-state index contributed by atoms with van der Waals surface area (Å²) in [6.45, 7) is 7.14. The number of hydrogen-bond acceptors (Lipinski definition) is 4. The Morgan fingerprint density at radius 3 is 2.41 bits per heavy atom. The first kappa shape index (κ1) is 19.0. The maximum absolute atomic E-state index is 2.63. The number of nitrogens with zero attached hydrogens (tertiary/aromatic N) is 3. The van der Waals surface area contributed by atoms with E-state index in [0.29, 0.717) is 0 Å². The van der Waals surface area contributed by atoms with Crippen LogP contribution in [0.4, 0.5) is 11.4 Å². The highest BCUT2D eigenvalue weighted by Gasteiger charge is 2.24. The van der Waals surface area contributed by atoms with Gasteiger partial charge in [-0.25, -0.2) is 0 Å². The fraction of sp³-hybridized carbons (Fsp3) is 0.360. The van der Waals surface area contributed by atoms with Gasteiger partial charge < -0.3 is 14.7 Å². The molecule has 0 bridgehead atoms. The Kier molecular flexibility index (Phi) is 5.49. The van der Waals surface area contributed by atoms with Gasteiger partial charge in [0.25, 0.3) is 0 Å². The van der Waals surface area contributed by atoms with Gasteiger partial charge in [0.05, 0.1) is 11.4 Å². The van der Waals surface area contributed by atoms with Gasteiger partial charge in [-0.05, 0) is 50.0 Å². The number of rotatable bonds is 5. The van der Waals surface area contributed by atoms with E-state index in [-0.39, 0.29) is 0 Å². The van der Waals surface area contributed by atoms with Crippen LogP contribution in [0, 0.1) is 0 Å². The van der Waals surface area contributed by atoms with Crippen molar-refractivity contribution < 1.29 is 0 Å². The van der Waals surface area contributed by atoms with Crippen molar-refractivity contribution in [2.24, 2.45) is 0 Å². The Morgan fingerprint density at radius 2 is 1.52 bits per heavy atom. The lowest BCUT2D eigenvalue weighted by atomic mass is 10.1. The molecule has 2 aliphatic rings. The van der Waals surface area contributed by atoms with Gasteiger partial charge in [-0.15, -0.1) is 0 Å². The van der Waals surface area contributed by atoms with Crippen LogP contribution >= 0.6 is 11.8 Å². The standard InChI is InChI=1S/C25H29N3S/c1-26-16-18-27(19-17-26)14-6-7-15-28-22-10-4-5-11-23(22)29-24-13-12-20-8-2-3-9-21(20)25(24)28/h2-5,8-13H,6-7,14-19H2,1H3. The number of piperazine rings is 1. The number of likely N-dealkylation sites (N-methyl/N-ethyl adjacent to an activating group) is 1. The van der Waals surface area contributed by atoms with E-state index in [2.05, 4.69) is 82.4 Å². The average Bonchev–Trinajstić information content (AvgIpc) is 2.77. The van der Waals surface area contributed by atoms with Gasteiger partial charge in [-0.1, -0.05) is 54.2 Å². The van der Waals surface area contributed by atoms with Crippen LogP contribution in [0.15, 0.2) is 70.5 Å². The van der Waals surface area contributed by atoms with Crippen LogP contribution in [0.3, 0.4) is 0 Å². The molecular formula is C25H29N3S. The van der Waals surface area contributed by atoms with Crippen LogP contribution in [0.5, 0.6) is 0 Å². The molecule has 150 valence electrons. The van der Waals surface area contributed by atoms with Gasteiger partial charge in [0.15, 0.2) is 0 Å². The van der Waals surface area contributed by atoms with E-state index in [1.807, 2.05) is 11.8 Å². The molecule has 1 fully saturated rings. The second-order valence-electron chi connectivity index (χ2n) is 8.21. The minimum absolute atomic E-state index is 1.08. The van der Waals surface area contributed by atoms with Gasteiger partial charge in [-0.2, -0.15) is 0 Å². The third kappa shape index (κ3) is 3.89. The van der Waals surface area contributed by atoms with E-state index < -0.39 is 0 Å². The molecule has 0 unspecified atom stereocenters. The first-order valence-corrected chi connectivity index (χ1v) is 11.6. The van der Waals surface area contributed by atoms with Crippen LogP contribution < -0.4 is 4.90 Å². The smallest absolute Gasteiger partial charge is 0.0632 e. The Labute approximate surface area is 178 Å². The van der Waals surface area contributed by atoms with Crippen molar-refractivity contribution in [3.05, 3.63) is 60.7 Å². The Morgan fingerprint density at radius 1 is 0.759 bits per heavy atom. The maximum Gasteiger partial charge on any atom is 0.0632 e. The molecule has 0 saturated carbocycles. The van der Waals surface area contributed by atoms with Crippen molar-refractivity contribution in [1.82, 2.24) is 9.80 Å². The van der Waals surface area contributed by atoms with E-state index in [4.69, 9.17) is 0 Å².